The number of hydrogen-bond donors (Lipinski definition) is 2. The summed E-state index contributed by atoms with van der Waals surface area (Å²) in [6.45, 7) is 2.65. The van der Waals surface area contributed by atoms with Crippen LogP contribution in [0.2, 0.25) is 0 Å². The number of rotatable bonds is 2. The number of aliphatic hydroxyl groups is 1. The summed E-state index contributed by atoms with van der Waals surface area (Å²) < 4.78 is 0. The quantitative estimate of drug-likeness (QED) is 0.880. The Morgan fingerprint density at radius 3 is 2.95 bits per heavy atom. The third-order valence-electron chi connectivity index (χ3n) is 5.31. The zero-order chi connectivity index (χ0) is 15.7. The van der Waals surface area contributed by atoms with Crippen LogP contribution in [-0.2, 0) is 0 Å². The second-order valence-corrected chi connectivity index (χ2v) is 6.83. The van der Waals surface area contributed by atoms with Crippen molar-refractivity contribution in [1.29, 1.82) is 5.26 Å². The molecule has 0 spiro atoms. The summed E-state index contributed by atoms with van der Waals surface area (Å²) in [7, 11) is 0. The van der Waals surface area contributed by atoms with Crippen LogP contribution >= 0.6 is 0 Å². The Labute approximate surface area is 130 Å². The maximum atomic E-state index is 12.7. The molecule has 22 heavy (non-hydrogen) atoms. The molecule has 2 N–H and O–H groups in total. The number of nitriles is 1. The monoisotopic (exact) mass is 301 g/mol. The SMILES string of the molecule is CC1(O)CCCCC1C1CCCN1C(=O)c1cc(C#N)c[nH]1. The van der Waals surface area contributed by atoms with Gasteiger partial charge in [-0.3, -0.25) is 4.79 Å². The van der Waals surface area contributed by atoms with E-state index >= 15 is 0 Å². The summed E-state index contributed by atoms with van der Waals surface area (Å²) >= 11 is 0. The molecule has 1 saturated carbocycles. The number of nitrogens with zero attached hydrogens (tertiary/aromatic N) is 2. The first-order valence-electron chi connectivity index (χ1n) is 8.15. The summed E-state index contributed by atoms with van der Waals surface area (Å²) in [6, 6.07) is 3.75. The summed E-state index contributed by atoms with van der Waals surface area (Å²) in [4.78, 5) is 17.5. The van der Waals surface area contributed by atoms with E-state index in [-0.39, 0.29) is 17.9 Å². The molecule has 1 aromatic heterocycles. The molecular formula is C17H23N3O2. The van der Waals surface area contributed by atoms with Gasteiger partial charge >= 0.3 is 0 Å². The largest absolute Gasteiger partial charge is 0.390 e. The molecule has 5 heteroatoms. The Kier molecular flexibility index (Phi) is 3.96. The maximum absolute atomic E-state index is 12.7. The molecule has 0 radical (unpaired) electrons. The van der Waals surface area contributed by atoms with Crippen molar-refractivity contribution < 1.29 is 9.90 Å². The van der Waals surface area contributed by atoms with Crippen LogP contribution in [0.25, 0.3) is 0 Å². The van der Waals surface area contributed by atoms with Gasteiger partial charge in [-0.2, -0.15) is 5.26 Å². The molecule has 2 heterocycles. The van der Waals surface area contributed by atoms with Gasteiger partial charge in [0, 0.05) is 24.7 Å². The van der Waals surface area contributed by atoms with Crippen LogP contribution in [0.4, 0.5) is 0 Å². The van der Waals surface area contributed by atoms with Gasteiger partial charge in [0.05, 0.1) is 11.2 Å². The smallest absolute Gasteiger partial charge is 0.270 e. The highest BCUT2D eigenvalue weighted by molar-refractivity contribution is 5.93. The van der Waals surface area contributed by atoms with Gasteiger partial charge in [0.1, 0.15) is 11.8 Å². The number of aromatic amines is 1. The van der Waals surface area contributed by atoms with Gasteiger partial charge in [0.2, 0.25) is 0 Å². The minimum atomic E-state index is -0.681. The van der Waals surface area contributed by atoms with Crippen molar-refractivity contribution in [3.05, 3.63) is 23.5 Å². The van der Waals surface area contributed by atoms with E-state index in [2.05, 4.69) is 4.98 Å². The van der Waals surface area contributed by atoms with E-state index in [1.807, 2.05) is 17.9 Å². The third-order valence-corrected chi connectivity index (χ3v) is 5.31. The molecule has 2 fully saturated rings. The van der Waals surface area contributed by atoms with Crippen molar-refractivity contribution in [2.75, 3.05) is 6.54 Å². The standard InChI is InChI=1S/C17H23N3O2/c1-17(22)7-3-2-5-13(17)15-6-4-8-20(15)16(21)14-9-12(10-18)11-19-14/h9,11,13,15,19,22H,2-8H2,1H3. The lowest BCUT2D eigenvalue weighted by Crippen LogP contribution is -2.50. The Bertz CT molecular complexity index is 599. The van der Waals surface area contributed by atoms with Gasteiger partial charge in [-0.15, -0.1) is 0 Å². The number of carbonyl (C=O) groups is 1. The molecule has 118 valence electrons. The third kappa shape index (κ3) is 2.64. The first kappa shape index (κ1) is 15.1. The van der Waals surface area contributed by atoms with E-state index < -0.39 is 5.60 Å². The molecule has 0 aromatic carbocycles. The van der Waals surface area contributed by atoms with Gasteiger partial charge in [-0.05, 0) is 38.7 Å². The van der Waals surface area contributed by atoms with Crippen molar-refractivity contribution in [2.45, 2.75) is 57.1 Å². The molecule has 1 aliphatic heterocycles. The molecule has 3 unspecified atom stereocenters. The summed E-state index contributed by atoms with van der Waals surface area (Å²) in [5.74, 6) is 0.100. The molecule has 0 bridgehead atoms. The lowest BCUT2D eigenvalue weighted by Gasteiger charge is -2.43. The van der Waals surface area contributed by atoms with Gasteiger partial charge in [0.15, 0.2) is 0 Å². The van der Waals surface area contributed by atoms with Crippen LogP contribution in [0, 0.1) is 17.2 Å². The van der Waals surface area contributed by atoms with E-state index in [9.17, 15) is 9.90 Å². The van der Waals surface area contributed by atoms with Crippen molar-refractivity contribution in [1.82, 2.24) is 9.88 Å². The molecule has 1 aromatic rings. The predicted octanol–water partition coefficient (Wildman–Crippen LogP) is 2.43. The number of aromatic nitrogens is 1. The Hall–Kier alpha value is -1.80. The highest BCUT2D eigenvalue weighted by Gasteiger charge is 2.44. The summed E-state index contributed by atoms with van der Waals surface area (Å²) in [6.07, 6.45) is 7.49. The van der Waals surface area contributed by atoms with Crippen LogP contribution < -0.4 is 0 Å². The zero-order valence-electron chi connectivity index (χ0n) is 13.0. The molecule has 5 nitrogen and oxygen atoms in total. The highest BCUT2D eigenvalue weighted by atomic mass is 16.3. The Balaban J connectivity index is 1.80. The van der Waals surface area contributed by atoms with Crippen molar-refractivity contribution in [2.24, 2.45) is 5.92 Å². The van der Waals surface area contributed by atoms with Gasteiger partial charge in [-0.25, -0.2) is 0 Å². The fourth-order valence-electron chi connectivity index (χ4n) is 4.15. The predicted molar refractivity (Wildman–Crippen MR) is 82.1 cm³/mol. The molecular weight excluding hydrogens is 278 g/mol. The number of hydrogen-bond acceptors (Lipinski definition) is 3. The fourth-order valence-corrected chi connectivity index (χ4v) is 4.15. The number of likely N-dealkylation sites (tertiary alicyclic amines) is 1. The normalized spacial score (nSPS) is 32.0. The highest BCUT2D eigenvalue weighted by Crippen LogP contribution is 2.41. The maximum Gasteiger partial charge on any atom is 0.270 e. The summed E-state index contributed by atoms with van der Waals surface area (Å²) in [5.41, 5.74) is 0.266. The minimum absolute atomic E-state index is 0.0506. The summed E-state index contributed by atoms with van der Waals surface area (Å²) in [5, 5.41) is 19.6. The van der Waals surface area contributed by atoms with Crippen molar-refractivity contribution in [3.63, 3.8) is 0 Å². The lowest BCUT2D eigenvalue weighted by molar-refractivity contribution is -0.0578. The van der Waals surface area contributed by atoms with Crippen LogP contribution in [-0.4, -0.2) is 39.1 Å². The van der Waals surface area contributed by atoms with E-state index in [0.717, 1.165) is 45.1 Å². The molecule has 2 aliphatic rings. The molecule has 1 saturated heterocycles. The van der Waals surface area contributed by atoms with Crippen LogP contribution in [0.15, 0.2) is 12.3 Å². The fraction of sp³-hybridized carbons (Fsp3) is 0.647. The lowest BCUT2D eigenvalue weighted by atomic mass is 9.72. The first-order valence-corrected chi connectivity index (χ1v) is 8.15. The molecule has 3 atom stereocenters. The second-order valence-electron chi connectivity index (χ2n) is 6.83. The zero-order valence-corrected chi connectivity index (χ0v) is 13.0. The van der Waals surface area contributed by atoms with Crippen molar-refractivity contribution in [3.8, 4) is 6.07 Å². The molecule has 1 aliphatic carbocycles. The van der Waals surface area contributed by atoms with Gasteiger partial charge in [0.25, 0.3) is 5.91 Å². The number of nitrogens with one attached hydrogen (secondary N) is 1. The van der Waals surface area contributed by atoms with Gasteiger partial charge < -0.3 is 15.0 Å². The minimum Gasteiger partial charge on any atom is -0.390 e. The van der Waals surface area contributed by atoms with Crippen molar-refractivity contribution >= 4 is 5.91 Å². The molecule has 1 amide bonds. The number of carbonyl (C=O) groups excluding carboxylic acids is 1. The topological polar surface area (TPSA) is 80.1 Å². The van der Waals surface area contributed by atoms with Crippen LogP contribution in [0.5, 0.6) is 0 Å². The Morgan fingerprint density at radius 1 is 1.45 bits per heavy atom. The van der Waals surface area contributed by atoms with E-state index in [1.54, 1.807) is 12.3 Å². The van der Waals surface area contributed by atoms with E-state index in [4.69, 9.17) is 5.26 Å². The molecule has 3 rings (SSSR count). The van der Waals surface area contributed by atoms with Crippen LogP contribution in [0.3, 0.4) is 0 Å². The second kappa shape index (κ2) is 5.77. The van der Waals surface area contributed by atoms with Gasteiger partial charge in [-0.1, -0.05) is 12.8 Å². The van der Waals surface area contributed by atoms with E-state index in [1.165, 1.54) is 0 Å². The number of amides is 1. The van der Waals surface area contributed by atoms with E-state index in [0.29, 0.717) is 11.3 Å². The number of H-pyrrole nitrogens is 1. The van der Waals surface area contributed by atoms with Crippen LogP contribution in [0.1, 0.15) is 61.5 Å². The average molecular weight is 301 g/mol. The average Bonchev–Trinajstić information content (AvgIpc) is 3.15. The first-order chi connectivity index (χ1) is 10.5. The Morgan fingerprint density at radius 2 is 2.27 bits per heavy atom.